The molecule has 0 aromatic heterocycles. The van der Waals surface area contributed by atoms with Gasteiger partial charge in [-0.05, 0) is 42.5 Å². The minimum atomic E-state index is -2.92. The van der Waals surface area contributed by atoms with Crippen LogP contribution in [0.5, 0.6) is 5.75 Å². The van der Waals surface area contributed by atoms with Gasteiger partial charge in [-0.15, -0.1) is 0 Å². The molecular formula is C18H23F2NO4. The van der Waals surface area contributed by atoms with Crippen LogP contribution in [-0.4, -0.2) is 31.1 Å². The number of benzene rings is 1. The van der Waals surface area contributed by atoms with Crippen LogP contribution in [-0.2, 0) is 9.53 Å². The van der Waals surface area contributed by atoms with Crippen molar-refractivity contribution in [3.63, 3.8) is 0 Å². The second-order valence-electron chi connectivity index (χ2n) is 6.42. The maximum atomic E-state index is 12.1. The number of rotatable bonds is 6. The monoisotopic (exact) mass is 355 g/mol. The number of ether oxygens (including phenoxy) is 2. The number of carbonyl (C=O) groups excluding carboxylic acids is 2. The van der Waals surface area contributed by atoms with Gasteiger partial charge in [0.25, 0.3) is 5.91 Å². The van der Waals surface area contributed by atoms with Crippen LogP contribution in [0.2, 0.25) is 0 Å². The average Bonchev–Trinajstić information content (AvgIpc) is 2.57. The Bertz CT molecular complexity index is 591. The van der Waals surface area contributed by atoms with Gasteiger partial charge in [-0.25, -0.2) is 4.79 Å². The molecule has 0 heterocycles. The second kappa shape index (κ2) is 8.78. The van der Waals surface area contributed by atoms with E-state index in [1.54, 1.807) is 0 Å². The van der Waals surface area contributed by atoms with Gasteiger partial charge in [-0.2, -0.15) is 8.78 Å². The first-order valence-electron chi connectivity index (χ1n) is 8.38. The fraction of sp³-hybridized carbons (Fsp3) is 0.556. The van der Waals surface area contributed by atoms with Gasteiger partial charge in [0.05, 0.1) is 5.56 Å². The molecule has 5 nitrogen and oxygen atoms in total. The minimum Gasteiger partial charge on any atom is -0.452 e. The Kier molecular flexibility index (Phi) is 6.73. The van der Waals surface area contributed by atoms with Crippen molar-refractivity contribution >= 4 is 11.9 Å². The molecule has 1 saturated carbocycles. The molecular weight excluding hydrogens is 332 g/mol. The fourth-order valence-electron chi connectivity index (χ4n) is 3.02. The van der Waals surface area contributed by atoms with Gasteiger partial charge >= 0.3 is 12.6 Å². The van der Waals surface area contributed by atoms with Crippen molar-refractivity contribution in [3.05, 3.63) is 29.8 Å². The Morgan fingerprint density at radius 3 is 2.52 bits per heavy atom. The number of hydrogen-bond donors (Lipinski definition) is 1. The van der Waals surface area contributed by atoms with E-state index in [1.165, 1.54) is 24.3 Å². The zero-order valence-electron chi connectivity index (χ0n) is 14.3. The lowest BCUT2D eigenvalue weighted by atomic mass is 9.78. The van der Waals surface area contributed by atoms with Gasteiger partial charge in [-0.3, -0.25) is 4.79 Å². The summed E-state index contributed by atoms with van der Waals surface area (Å²) in [5, 5.41) is 2.92. The Balaban J connectivity index is 1.80. The van der Waals surface area contributed by atoms with Crippen LogP contribution < -0.4 is 10.1 Å². The quantitative estimate of drug-likeness (QED) is 0.795. The molecule has 1 amide bonds. The average molecular weight is 355 g/mol. The SMILES string of the molecule is C[C@H]1[C@@H](NC(=O)COC(=O)c2ccc(OC(F)F)cc2)CCC[C@@H]1C. The Morgan fingerprint density at radius 1 is 1.20 bits per heavy atom. The predicted molar refractivity (Wildman–Crippen MR) is 87.5 cm³/mol. The number of hydrogen-bond acceptors (Lipinski definition) is 4. The fourth-order valence-corrected chi connectivity index (χ4v) is 3.02. The van der Waals surface area contributed by atoms with Gasteiger partial charge in [0.1, 0.15) is 5.75 Å². The molecule has 0 radical (unpaired) electrons. The molecule has 2 rings (SSSR count). The van der Waals surface area contributed by atoms with Crippen LogP contribution in [0.25, 0.3) is 0 Å². The number of carbonyl (C=O) groups is 2. The smallest absolute Gasteiger partial charge is 0.387 e. The van der Waals surface area contributed by atoms with E-state index in [9.17, 15) is 18.4 Å². The predicted octanol–water partition coefficient (Wildman–Crippen LogP) is 3.39. The third-order valence-electron chi connectivity index (χ3n) is 4.70. The number of alkyl halides is 2. The van der Waals surface area contributed by atoms with Gasteiger partial charge in [0, 0.05) is 6.04 Å². The lowest BCUT2D eigenvalue weighted by Crippen LogP contribution is -2.45. The van der Waals surface area contributed by atoms with E-state index in [4.69, 9.17) is 4.74 Å². The van der Waals surface area contributed by atoms with Crippen molar-refractivity contribution in [2.24, 2.45) is 11.8 Å². The van der Waals surface area contributed by atoms with E-state index in [-0.39, 0.29) is 29.9 Å². The Hall–Kier alpha value is -2.18. The Morgan fingerprint density at radius 2 is 1.88 bits per heavy atom. The summed E-state index contributed by atoms with van der Waals surface area (Å²) in [4.78, 5) is 23.9. The van der Waals surface area contributed by atoms with Crippen LogP contribution in [0.4, 0.5) is 8.78 Å². The molecule has 0 saturated heterocycles. The van der Waals surface area contributed by atoms with Gasteiger partial charge < -0.3 is 14.8 Å². The van der Waals surface area contributed by atoms with Crippen molar-refractivity contribution < 1.29 is 27.8 Å². The van der Waals surface area contributed by atoms with E-state index in [0.717, 1.165) is 19.3 Å². The molecule has 0 spiro atoms. The van der Waals surface area contributed by atoms with E-state index < -0.39 is 12.6 Å². The minimum absolute atomic E-state index is 0.0512. The summed E-state index contributed by atoms with van der Waals surface area (Å²) in [6, 6.07) is 5.20. The molecule has 0 aliphatic heterocycles. The van der Waals surface area contributed by atoms with E-state index in [2.05, 4.69) is 23.9 Å². The summed E-state index contributed by atoms with van der Waals surface area (Å²) in [6.07, 6.45) is 3.16. The highest BCUT2D eigenvalue weighted by atomic mass is 19.3. The summed E-state index contributed by atoms with van der Waals surface area (Å²) < 4.78 is 33.3. The molecule has 1 aliphatic rings. The standard InChI is InChI=1S/C18H23F2NO4/c1-11-4-3-5-15(12(11)2)21-16(22)10-24-17(23)13-6-8-14(9-7-13)25-18(19)20/h6-9,11-12,15,18H,3-5,10H2,1-2H3,(H,21,22)/t11-,12+,15-/m0/s1. The molecule has 1 N–H and O–H groups in total. The maximum absolute atomic E-state index is 12.1. The molecule has 138 valence electrons. The zero-order chi connectivity index (χ0) is 18.4. The van der Waals surface area contributed by atoms with E-state index in [0.29, 0.717) is 11.8 Å². The molecule has 1 fully saturated rings. The number of nitrogens with one attached hydrogen (secondary N) is 1. The molecule has 0 unspecified atom stereocenters. The molecule has 25 heavy (non-hydrogen) atoms. The summed E-state index contributed by atoms with van der Waals surface area (Å²) in [7, 11) is 0. The normalized spacial score (nSPS) is 23.2. The van der Waals surface area contributed by atoms with Crippen LogP contribution in [0, 0.1) is 11.8 Å². The number of esters is 1. The summed E-state index contributed by atoms with van der Waals surface area (Å²) in [5.74, 6) is -0.142. The van der Waals surface area contributed by atoms with Crippen LogP contribution in [0.15, 0.2) is 24.3 Å². The van der Waals surface area contributed by atoms with Crippen LogP contribution >= 0.6 is 0 Å². The number of amides is 1. The Labute approximate surface area is 145 Å². The molecule has 3 atom stereocenters. The third kappa shape index (κ3) is 5.69. The largest absolute Gasteiger partial charge is 0.452 e. The first kappa shape index (κ1) is 19.1. The van der Waals surface area contributed by atoms with E-state index >= 15 is 0 Å². The molecule has 7 heteroatoms. The first-order chi connectivity index (χ1) is 11.9. The highest BCUT2D eigenvalue weighted by Crippen LogP contribution is 2.29. The van der Waals surface area contributed by atoms with Crippen molar-refractivity contribution in [3.8, 4) is 5.75 Å². The lowest BCUT2D eigenvalue weighted by molar-refractivity contribution is -0.125. The molecule has 1 aromatic rings. The molecule has 1 aliphatic carbocycles. The van der Waals surface area contributed by atoms with Crippen molar-refractivity contribution in [1.29, 1.82) is 0 Å². The van der Waals surface area contributed by atoms with Crippen molar-refractivity contribution in [2.45, 2.75) is 45.8 Å². The van der Waals surface area contributed by atoms with Crippen LogP contribution in [0.1, 0.15) is 43.5 Å². The summed E-state index contributed by atoms with van der Waals surface area (Å²) >= 11 is 0. The number of halogens is 2. The van der Waals surface area contributed by atoms with Gasteiger partial charge in [0.2, 0.25) is 0 Å². The first-order valence-corrected chi connectivity index (χ1v) is 8.38. The summed E-state index contributed by atoms with van der Waals surface area (Å²) in [6.45, 7) is 0.992. The highest BCUT2D eigenvalue weighted by molar-refractivity contribution is 5.91. The summed E-state index contributed by atoms with van der Waals surface area (Å²) in [5.41, 5.74) is 0.161. The second-order valence-corrected chi connectivity index (χ2v) is 6.42. The van der Waals surface area contributed by atoms with Crippen molar-refractivity contribution in [1.82, 2.24) is 5.32 Å². The topological polar surface area (TPSA) is 64.6 Å². The van der Waals surface area contributed by atoms with Gasteiger partial charge in [-0.1, -0.05) is 26.7 Å². The van der Waals surface area contributed by atoms with E-state index in [1.807, 2.05) is 0 Å². The highest BCUT2D eigenvalue weighted by Gasteiger charge is 2.28. The van der Waals surface area contributed by atoms with Gasteiger partial charge in [0.15, 0.2) is 6.61 Å². The van der Waals surface area contributed by atoms with Crippen molar-refractivity contribution in [2.75, 3.05) is 6.61 Å². The third-order valence-corrected chi connectivity index (χ3v) is 4.70. The molecule has 1 aromatic carbocycles. The maximum Gasteiger partial charge on any atom is 0.387 e. The van der Waals surface area contributed by atoms with Crippen LogP contribution in [0.3, 0.4) is 0 Å². The zero-order valence-corrected chi connectivity index (χ0v) is 14.3. The lowest BCUT2D eigenvalue weighted by Gasteiger charge is -2.34. The molecule has 0 bridgehead atoms.